The number of hydrogen-bond donors (Lipinski definition) is 1. The average Bonchev–Trinajstić information content (AvgIpc) is 2.68. The van der Waals surface area contributed by atoms with E-state index in [4.69, 9.17) is 11.6 Å². The van der Waals surface area contributed by atoms with Gasteiger partial charge >= 0.3 is 5.97 Å². The third-order valence-electron chi connectivity index (χ3n) is 3.45. The summed E-state index contributed by atoms with van der Waals surface area (Å²) in [5.41, 5.74) is 0.816. The van der Waals surface area contributed by atoms with Crippen molar-refractivity contribution in [2.24, 2.45) is 5.92 Å². The number of amides is 1. The second-order valence-corrected chi connectivity index (χ2v) is 5.48. The lowest BCUT2D eigenvalue weighted by Crippen LogP contribution is -2.36. The number of carboxylic acid groups (broad SMARTS) is 1. The summed E-state index contributed by atoms with van der Waals surface area (Å²) in [5.74, 6) is -1.74. The highest BCUT2D eigenvalue weighted by Crippen LogP contribution is 2.39. The molecule has 0 saturated carbocycles. The molecule has 1 heterocycles. The zero-order valence-corrected chi connectivity index (χ0v) is 11.6. The molecule has 1 aromatic carbocycles. The standard InChI is InChI=1S/C14H16ClNO3/c1-8(2)16-12(17)7-11(14(18)19)13(16)9-3-5-10(15)6-4-9/h3-6,8,11,13H,7H2,1-2H3,(H,18,19)/t11-,13-/m0/s1. The molecule has 0 aliphatic carbocycles. The molecule has 0 radical (unpaired) electrons. The zero-order valence-electron chi connectivity index (χ0n) is 10.8. The van der Waals surface area contributed by atoms with Gasteiger partial charge in [-0.3, -0.25) is 9.59 Å². The van der Waals surface area contributed by atoms with Crippen molar-refractivity contribution in [1.82, 2.24) is 4.90 Å². The van der Waals surface area contributed by atoms with E-state index in [0.29, 0.717) is 5.02 Å². The summed E-state index contributed by atoms with van der Waals surface area (Å²) < 4.78 is 0. The Morgan fingerprint density at radius 1 is 1.37 bits per heavy atom. The van der Waals surface area contributed by atoms with Gasteiger partial charge in [0.15, 0.2) is 0 Å². The van der Waals surface area contributed by atoms with Crippen LogP contribution in [0.15, 0.2) is 24.3 Å². The van der Waals surface area contributed by atoms with Crippen molar-refractivity contribution in [3.05, 3.63) is 34.9 Å². The highest BCUT2D eigenvalue weighted by Gasteiger charge is 2.45. The number of aliphatic carboxylic acids is 1. The van der Waals surface area contributed by atoms with Crippen molar-refractivity contribution >= 4 is 23.5 Å². The third kappa shape index (κ3) is 2.59. The maximum Gasteiger partial charge on any atom is 0.309 e. The quantitative estimate of drug-likeness (QED) is 0.927. The Balaban J connectivity index is 2.43. The van der Waals surface area contributed by atoms with Gasteiger partial charge < -0.3 is 10.0 Å². The number of rotatable bonds is 3. The van der Waals surface area contributed by atoms with E-state index in [1.165, 1.54) is 0 Å². The summed E-state index contributed by atoms with van der Waals surface area (Å²) in [6, 6.07) is 6.57. The van der Waals surface area contributed by atoms with Gasteiger partial charge in [0.25, 0.3) is 0 Å². The van der Waals surface area contributed by atoms with Crippen LogP contribution in [0.4, 0.5) is 0 Å². The van der Waals surface area contributed by atoms with Gasteiger partial charge in [-0.25, -0.2) is 0 Å². The van der Waals surface area contributed by atoms with Crippen LogP contribution >= 0.6 is 11.6 Å². The van der Waals surface area contributed by atoms with E-state index in [0.717, 1.165) is 5.56 Å². The van der Waals surface area contributed by atoms with Crippen LogP contribution in [0, 0.1) is 5.92 Å². The Bertz CT molecular complexity index is 498. The van der Waals surface area contributed by atoms with Gasteiger partial charge in [0.05, 0.1) is 12.0 Å². The molecule has 2 rings (SSSR count). The molecule has 1 amide bonds. The van der Waals surface area contributed by atoms with E-state index in [1.807, 2.05) is 13.8 Å². The Morgan fingerprint density at radius 3 is 2.42 bits per heavy atom. The summed E-state index contributed by atoms with van der Waals surface area (Å²) in [7, 11) is 0. The van der Waals surface area contributed by atoms with Crippen LogP contribution in [0.2, 0.25) is 5.02 Å². The normalized spacial score (nSPS) is 23.2. The average molecular weight is 282 g/mol. The van der Waals surface area contributed by atoms with Crippen molar-refractivity contribution in [3.63, 3.8) is 0 Å². The molecule has 0 aromatic heterocycles. The van der Waals surface area contributed by atoms with Gasteiger partial charge in [-0.05, 0) is 31.5 Å². The monoisotopic (exact) mass is 281 g/mol. The molecule has 1 N–H and O–H groups in total. The molecular weight excluding hydrogens is 266 g/mol. The molecule has 1 aliphatic rings. The number of halogens is 1. The molecule has 102 valence electrons. The van der Waals surface area contributed by atoms with Crippen LogP contribution in [0.3, 0.4) is 0 Å². The fourth-order valence-corrected chi connectivity index (χ4v) is 2.76. The molecule has 0 spiro atoms. The number of hydrogen-bond acceptors (Lipinski definition) is 2. The summed E-state index contributed by atoms with van der Waals surface area (Å²) >= 11 is 5.85. The Hall–Kier alpha value is -1.55. The topological polar surface area (TPSA) is 57.6 Å². The Morgan fingerprint density at radius 2 is 1.95 bits per heavy atom. The number of likely N-dealkylation sites (tertiary alicyclic amines) is 1. The van der Waals surface area contributed by atoms with Crippen LogP contribution < -0.4 is 0 Å². The van der Waals surface area contributed by atoms with Gasteiger partial charge in [0, 0.05) is 17.5 Å². The lowest BCUT2D eigenvalue weighted by Gasteiger charge is -2.30. The molecule has 19 heavy (non-hydrogen) atoms. The molecule has 4 nitrogen and oxygen atoms in total. The van der Waals surface area contributed by atoms with E-state index in [1.54, 1.807) is 29.2 Å². The van der Waals surface area contributed by atoms with Crippen LogP contribution in [0.1, 0.15) is 31.9 Å². The van der Waals surface area contributed by atoms with Gasteiger partial charge in [0.1, 0.15) is 0 Å². The highest BCUT2D eigenvalue weighted by molar-refractivity contribution is 6.30. The van der Waals surface area contributed by atoms with Gasteiger partial charge in [-0.1, -0.05) is 23.7 Å². The van der Waals surface area contributed by atoms with Crippen LogP contribution in [0.5, 0.6) is 0 Å². The Kier molecular flexibility index (Phi) is 3.80. The number of nitrogens with zero attached hydrogens (tertiary/aromatic N) is 1. The van der Waals surface area contributed by atoms with Crippen molar-refractivity contribution in [1.29, 1.82) is 0 Å². The molecule has 2 atom stereocenters. The van der Waals surface area contributed by atoms with Crippen molar-refractivity contribution < 1.29 is 14.7 Å². The molecule has 1 fully saturated rings. The SMILES string of the molecule is CC(C)N1C(=O)C[C@H](C(=O)O)[C@@H]1c1ccc(Cl)cc1. The summed E-state index contributed by atoms with van der Waals surface area (Å²) in [6.07, 6.45) is 0.0564. The third-order valence-corrected chi connectivity index (χ3v) is 3.70. The molecule has 1 aromatic rings. The fourth-order valence-electron chi connectivity index (χ4n) is 2.64. The van der Waals surface area contributed by atoms with Crippen LogP contribution in [0.25, 0.3) is 0 Å². The van der Waals surface area contributed by atoms with E-state index in [9.17, 15) is 14.7 Å². The van der Waals surface area contributed by atoms with Gasteiger partial charge in [-0.15, -0.1) is 0 Å². The van der Waals surface area contributed by atoms with Crippen LogP contribution in [-0.2, 0) is 9.59 Å². The van der Waals surface area contributed by atoms with Crippen molar-refractivity contribution in [2.45, 2.75) is 32.4 Å². The lowest BCUT2D eigenvalue weighted by atomic mass is 9.93. The molecule has 1 aliphatic heterocycles. The summed E-state index contributed by atoms with van der Waals surface area (Å²) in [6.45, 7) is 3.79. The van der Waals surface area contributed by atoms with E-state index in [-0.39, 0.29) is 18.4 Å². The van der Waals surface area contributed by atoms with Crippen molar-refractivity contribution in [2.75, 3.05) is 0 Å². The smallest absolute Gasteiger partial charge is 0.309 e. The van der Waals surface area contributed by atoms with E-state index >= 15 is 0 Å². The molecule has 5 heteroatoms. The second kappa shape index (κ2) is 5.21. The molecule has 1 saturated heterocycles. The zero-order chi connectivity index (χ0) is 14.2. The first-order chi connectivity index (χ1) is 8.91. The number of carbonyl (C=O) groups is 2. The summed E-state index contributed by atoms with van der Waals surface area (Å²) in [5, 5.41) is 9.91. The van der Waals surface area contributed by atoms with Gasteiger partial charge in [0.2, 0.25) is 5.91 Å². The minimum Gasteiger partial charge on any atom is -0.481 e. The molecule has 0 unspecified atom stereocenters. The van der Waals surface area contributed by atoms with Crippen LogP contribution in [-0.4, -0.2) is 27.9 Å². The van der Waals surface area contributed by atoms with Gasteiger partial charge in [-0.2, -0.15) is 0 Å². The highest BCUT2D eigenvalue weighted by atomic mass is 35.5. The molecule has 0 bridgehead atoms. The largest absolute Gasteiger partial charge is 0.481 e. The number of benzene rings is 1. The fraction of sp³-hybridized carbons (Fsp3) is 0.429. The first-order valence-electron chi connectivity index (χ1n) is 6.21. The summed E-state index contributed by atoms with van der Waals surface area (Å²) in [4.78, 5) is 25.0. The number of carboxylic acids is 1. The predicted molar refractivity (Wildman–Crippen MR) is 71.9 cm³/mol. The first-order valence-corrected chi connectivity index (χ1v) is 6.59. The van der Waals surface area contributed by atoms with Crippen molar-refractivity contribution in [3.8, 4) is 0 Å². The second-order valence-electron chi connectivity index (χ2n) is 5.04. The lowest BCUT2D eigenvalue weighted by molar-refractivity contribution is -0.142. The van der Waals surface area contributed by atoms with E-state index < -0.39 is 17.9 Å². The maximum atomic E-state index is 12.0. The minimum absolute atomic E-state index is 0.0301. The Labute approximate surface area is 117 Å². The molecular formula is C14H16ClNO3. The first kappa shape index (κ1) is 13.9. The number of carbonyl (C=O) groups excluding carboxylic acids is 1. The van der Waals surface area contributed by atoms with E-state index in [2.05, 4.69) is 0 Å². The maximum absolute atomic E-state index is 12.0. The minimum atomic E-state index is -0.934. The predicted octanol–water partition coefficient (Wildman–Crippen LogP) is 2.72.